The number of aryl methyl sites for hydroxylation is 3. The Morgan fingerprint density at radius 3 is 2.54 bits per heavy atom. The van der Waals surface area contributed by atoms with Gasteiger partial charge in [-0.15, -0.1) is 11.3 Å². The van der Waals surface area contributed by atoms with Gasteiger partial charge in [-0.1, -0.05) is 24.8 Å². The van der Waals surface area contributed by atoms with Crippen LogP contribution in [-0.4, -0.2) is 21.7 Å². The number of thioether (sulfide) groups is 1. The van der Waals surface area contributed by atoms with Crippen molar-refractivity contribution in [2.24, 2.45) is 0 Å². The van der Waals surface area contributed by atoms with E-state index in [-0.39, 0.29) is 18.0 Å². The van der Waals surface area contributed by atoms with Crippen LogP contribution in [-0.2, 0) is 17.8 Å². The fourth-order valence-electron chi connectivity index (χ4n) is 2.91. The minimum atomic E-state index is -0.237. The second-order valence-corrected chi connectivity index (χ2v) is 8.09. The smallest absolute Gasteiger partial charge is 0.263 e. The van der Waals surface area contributed by atoms with Gasteiger partial charge in [0.2, 0.25) is 5.91 Å². The normalized spacial score (nSPS) is 11.1. The summed E-state index contributed by atoms with van der Waals surface area (Å²) in [6, 6.07) is 7.76. The third-order valence-corrected chi connectivity index (χ3v) is 5.86. The Morgan fingerprint density at radius 1 is 1.23 bits per heavy atom. The molecule has 136 valence electrons. The summed E-state index contributed by atoms with van der Waals surface area (Å²) in [5, 5.41) is 4.03. The summed E-state index contributed by atoms with van der Waals surface area (Å²) in [4.78, 5) is 31.8. The molecule has 7 heteroatoms. The fraction of sp³-hybridized carbons (Fsp3) is 0.316. The van der Waals surface area contributed by atoms with Gasteiger partial charge < -0.3 is 5.32 Å². The molecular weight excluding hydrogens is 366 g/mol. The molecule has 0 bridgehead atoms. The maximum absolute atomic E-state index is 12.9. The van der Waals surface area contributed by atoms with Crippen LogP contribution < -0.4 is 10.9 Å². The number of amides is 1. The highest BCUT2D eigenvalue weighted by Gasteiger charge is 2.16. The zero-order valence-electron chi connectivity index (χ0n) is 15.3. The van der Waals surface area contributed by atoms with Gasteiger partial charge in [-0.05, 0) is 55.9 Å². The summed E-state index contributed by atoms with van der Waals surface area (Å²) >= 11 is 2.91. The molecule has 2 heterocycles. The number of benzene rings is 1. The lowest BCUT2D eigenvalue weighted by Crippen LogP contribution is -2.29. The summed E-state index contributed by atoms with van der Waals surface area (Å²) in [5.41, 5.74) is 2.74. The molecule has 2 aromatic heterocycles. The third kappa shape index (κ3) is 3.83. The molecule has 26 heavy (non-hydrogen) atoms. The number of carbonyl (C=O) groups excluding carboxylic acids is 1. The Balaban J connectivity index is 1.93. The van der Waals surface area contributed by atoms with E-state index in [0.29, 0.717) is 10.5 Å². The van der Waals surface area contributed by atoms with Crippen LogP contribution in [0, 0.1) is 13.8 Å². The van der Waals surface area contributed by atoms with Crippen LogP contribution in [0.3, 0.4) is 0 Å². The summed E-state index contributed by atoms with van der Waals surface area (Å²) in [6.45, 7) is 5.97. The average molecular weight is 388 g/mol. The number of hydrogen-bond acceptors (Lipinski definition) is 5. The lowest BCUT2D eigenvalue weighted by atomic mass is 10.1. The lowest BCUT2D eigenvalue weighted by Gasteiger charge is -2.11. The molecule has 0 fully saturated rings. The molecule has 1 aromatic carbocycles. The SMILES string of the molecule is CCc1cc2c(=O)n(CC(=O)Nc3cc(C)cc(C)c3)c(SC)nc2s1. The van der Waals surface area contributed by atoms with Crippen molar-refractivity contribution in [1.29, 1.82) is 0 Å². The minimum absolute atomic E-state index is 0.0533. The number of anilines is 1. The molecular formula is C19H21N3O2S2. The lowest BCUT2D eigenvalue weighted by molar-refractivity contribution is -0.116. The van der Waals surface area contributed by atoms with Gasteiger partial charge in [0, 0.05) is 10.6 Å². The Kier molecular flexibility index (Phi) is 5.48. The molecule has 0 unspecified atom stereocenters. The minimum Gasteiger partial charge on any atom is -0.325 e. The van der Waals surface area contributed by atoms with Gasteiger partial charge in [0.15, 0.2) is 5.16 Å². The summed E-state index contributed by atoms with van der Waals surface area (Å²) in [5.74, 6) is -0.237. The van der Waals surface area contributed by atoms with Crippen LogP contribution in [0.25, 0.3) is 10.2 Å². The quantitative estimate of drug-likeness (QED) is 0.531. The van der Waals surface area contributed by atoms with Crippen molar-refractivity contribution in [3.8, 4) is 0 Å². The van der Waals surface area contributed by atoms with Crippen LogP contribution in [0.2, 0.25) is 0 Å². The van der Waals surface area contributed by atoms with Crippen LogP contribution >= 0.6 is 23.1 Å². The van der Waals surface area contributed by atoms with E-state index in [1.54, 1.807) is 0 Å². The molecule has 1 amide bonds. The van der Waals surface area contributed by atoms with Crippen LogP contribution in [0.4, 0.5) is 5.69 Å². The topological polar surface area (TPSA) is 64.0 Å². The molecule has 0 radical (unpaired) electrons. The molecule has 0 aliphatic carbocycles. The molecule has 0 atom stereocenters. The second-order valence-electron chi connectivity index (χ2n) is 6.20. The first-order valence-corrected chi connectivity index (χ1v) is 10.4. The highest BCUT2D eigenvalue weighted by atomic mass is 32.2. The number of hydrogen-bond donors (Lipinski definition) is 1. The largest absolute Gasteiger partial charge is 0.325 e. The number of nitrogens with one attached hydrogen (secondary N) is 1. The molecule has 0 aliphatic rings. The Labute approximate surface area is 160 Å². The van der Waals surface area contributed by atoms with Crippen molar-refractivity contribution < 1.29 is 4.79 Å². The van der Waals surface area contributed by atoms with E-state index < -0.39 is 0 Å². The summed E-state index contributed by atoms with van der Waals surface area (Å²) < 4.78 is 1.46. The molecule has 0 spiro atoms. The van der Waals surface area contributed by atoms with Gasteiger partial charge in [-0.2, -0.15) is 0 Å². The van der Waals surface area contributed by atoms with Gasteiger partial charge in [0.25, 0.3) is 5.56 Å². The van der Waals surface area contributed by atoms with E-state index in [0.717, 1.165) is 32.9 Å². The van der Waals surface area contributed by atoms with Crippen LogP contribution in [0.5, 0.6) is 0 Å². The van der Waals surface area contributed by atoms with Gasteiger partial charge >= 0.3 is 0 Å². The molecule has 3 rings (SSSR count). The third-order valence-electron chi connectivity index (χ3n) is 4.01. The number of thiophene rings is 1. The molecule has 3 aromatic rings. The second kappa shape index (κ2) is 7.63. The molecule has 0 aliphatic heterocycles. The first-order chi connectivity index (χ1) is 12.4. The Hall–Kier alpha value is -2.12. The van der Waals surface area contributed by atoms with E-state index in [1.165, 1.54) is 27.7 Å². The van der Waals surface area contributed by atoms with E-state index in [9.17, 15) is 9.59 Å². The van der Waals surface area contributed by atoms with Gasteiger partial charge in [0.1, 0.15) is 11.4 Å². The van der Waals surface area contributed by atoms with Crippen molar-refractivity contribution in [2.75, 3.05) is 11.6 Å². The zero-order chi connectivity index (χ0) is 18.8. The maximum Gasteiger partial charge on any atom is 0.263 e. The summed E-state index contributed by atoms with van der Waals surface area (Å²) in [7, 11) is 0. The first-order valence-electron chi connectivity index (χ1n) is 8.36. The van der Waals surface area contributed by atoms with E-state index >= 15 is 0 Å². The average Bonchev–Trinajstić information content (AvgIpc) is 2.99. The van der Waals surface area contributed by atoms with Crippen LogP contribution in [0.1, 0.15) is 22.9 Å². The van der Waals surface area contributed by atoms with Crippen molar-refractivity contribution in [3.63, 3.8) is 0 Å². The molecule has 5 nitrogen and oxygen atoms in total. The van der Waals surface area contributed by atoms with Crippen LogP contribution in [0.15, 0.2) is 34.2 Å². The number of fused-ring (bicyclic) bond motifs is 1. The van der Waals surface area contributed by atoms with Gasteiger partial charge in [-0.25, -0.2) is 4.98 Å². The number of carbonyl (C=O) groups is 1. The van der Waals surface area contributed by atoms with Gasteiger partial charge in [-0.3, -0.25) is 14.2 Å². The molecule has 0 saturated heterocycles. The van der Waals surface area contributed by atoms with E-state index in [2.05, 4.69) is 17.2 Å². The monoisotopic (exact) mass is 387 g/mol. The highest BCUT2D eigenvalue weighted by Crippen LogP contribution is 2.24. The Bertz CT molecular complexity index is 1020. The number of rotatable bonds is 5. The predicted octanol–water partition coefficient (Wildman–Crippen LogP) is 4.00. The van der Waals surface area contributed by atoms with Crippen molar-refractivity contribution in [2.45, 2.75) is 38.9 Å². The zero-order valence-corrected chi connectivity index (χ0v) is 16.9. The van der Waals surface area contributed by atoms with Crippen molar-refractivity contribution in [3.05, 3.63) is 50.6 Å². The maximum atomic E-state index is 12.9. The summed E-state index contributed by atoms with van der Waals surface area (Å²) in [6.07, 6.45) is 2.72. The van der Waals surface area contributed by atoms with E-state index in [4.69, 9.17) is 0 Å². The Morgan fingerprint density at radius 2 is 1.92 bits per heavy atom. The standard InChI is InChI=1S/C19H21N3O2S2/c1-5-14-9-15-17(26-14)21-19(25-4)22(18(15)24)10-16(23)20-13-7-11(2)6-12(3)8-13/h6-9H,5,10H2,1-4H3,(H,20,23). The first kappa shape index (κ1) is 18.7. The van der Waals surface area contributed by atoms with E-state index in [1.807, 2.05) is 44.4 Å². The van der Waals surface area contributed by atoms with Crippen molar-refractivity contribution in [1.82, 2.24) is 9.55 Å². The number of nitrogens with zero attached hydrogens (tertiary/aromatic N) is 2. The van der Waals surface area contributed by atoms with Gasteiger partial charge in [0.05, 0.1) is 5.39 Å². The number of aromatic nitrogens is 2. The highest BCUT2D eigenvalue weighted by molar-refractivity contribution is 7.98. The molecule has 1 N–H and O–H groups in total. The fourth-order valence-corrected chi connectivity index (χ4v) is 4.47. The predicted molar refractivity (Wildman–Crippen MR) is 110 cm³/mol. The van der Waals surface area contributed by atoms with Crippen molar-refractivity contribution >= 4 is 44.9 Å². The molecule has 0 saturated carbocycles.